The second-order valence-corrected chi connectivity index (χ2v) is 4.40. The molecule has 0 aliphatic carbocycles. The standard InChI is InChI=1S/C15H26N4O2.HI/c1-3-16-15(18-9-6-10-21-12-11-20-2)19-13-14-7-4-5-8-17-14;/h4-5,7-8H,3,6,9-13H2,1-2H3,(H2,16,18,19);1H. The monoisotopic (exact) mass is 422 g/mol. The van der Waals surface area contributed by atoms with E-state index in [2.05, 4.69) is 20.6 Å². The van der Waals surface area contributed by atoms with Crippen LogP contribution in [-0.2, 0) is 16.0 Å². The van der Waals surface area contributed by atoms with Crippen LogP contribution >= 0.6 is 24.0 Å². The first-order valence-electron chi connectivity index (χ1n) is 7.35. The summed E-state index contributed by atoms with van der Waals surface area (Å²) < 4.78 is 10.3. The molecular formula is C15H27IN4O2. The van der Waals surface area contributed by atoms with E-state index in [9.17, 15) is 0 Å². The summed E-state index contributed by atoms with van der Waals surface area (Å²) in [4.78, 5) is 8.76. The number of aliphatic imine (C=N–C) groups is 1. The van der Waals surface area contributed by atoms with Crippen molar-refractivity contribution in [3.63, 3.8) is 0 Å². The molecule has 2 N–H and O–H groups in total. The van der Waals surface area contributed by atoms with Crippen LogP contribution in [0.15, 0.2) is 29.4 Å². The van der Waals surface area contributed by atoms with Crippen LogP contribution in [-0.4, -0.2) is 51.0 Å². The van der Waals surface area contributed by atoms with E-state index in [4.69, 9.17) is 9.47 Å². The van der Waals surface area contributed by atoms with Crippen LogP contribution in [0.25, 0.3) is 0 Å². The van der Waals surface area contributed by atoms with Gasteiger partial charge in [-0.1, -0.05) is 6.07 Å². The summed E-state index contributed by atoms with van der Waals surface area (Å²) in [6.45, 7) is 6.27. The molecule has 1 heterocycles. The summed E-state index contributed by atoms with van der Waals surface area (Å²) in [5.74, 6) is 0.806. The Kier molecular flexibility index (Phi) is 14.4. The zero-order valence-electron chi connectivity index (χ0n) is 13.4. The van der Waals surface area contributed by atoms with Crippen LogP contribution in [0.5, 0.6) is 0 Å². The Balaban J connectivity index is 0.00000441. The molecule has 0 atom stereocenters. The van der Waals surface area contributed by atoms with E-state index in [1.165, 1.54) is 0 Å². The quantitative estimate of drug-likeness (QED) is 0.261. The normalized spacial score (nSPS) is 10.9. The van der Waals surface area contributed by atoms with Crippen molar-refractivity contribution in [1.29, 1.82) is 0 Å². The molecule has 22 heavy (non-hydrogen) atoms. The zero-order valence-corrected chi connectivity index (χ0v) is 15.7. The van der Waals surface area contributed by atoms with Crippen molar-refractivity contribution in [2.24, 2.45) is 4.99 Å². The Morgan fingerprint density at radius 1 is 1.23 bits per heavy atom. The number of hydrogen-bond acceptors (Lipinski definition) is 4. The molecule has 0 amide bonds. The third-order valence-corrected chi connectivity index (χ3v) is 2.66. The van der Waals surface area contributed by atoms with E-state index in [0.29, 0.717) is 19.8 Å². The number of aromatic nitrogens is 1. The van der Waals surface area contributed by atoms with Gasteiger partial charge in [-0.05, 0) is 25.5 Å². The number of hydrogen-bond donors (Lipinski definition) is 2. The Morgan fingerprint density at radius 2 is 2.09 bits per heavy atom. The Morgan fingerprint density at radius 3 is 2.77 bits per heavy atom. The SMILES string of the molecule is CCNC(=NCc1ccccn1)NCCCOCCOC.I. The van der Waals surface area contributed by atoms with Crippen molar-refractivity contribution in [3.05, 3.63) is 30.1 Å². The van der Waals surface area contributed by atoms with Crippen molar-refractivity contribution in [2.45, 2.75) is 19.9 Å². The van der Waals surface area contributed by atoms with Crippen molar-refractivity contribution in [2.75, 3.05) is 40.0 Å². The lowest BCUT2D eigenvalue weighted by Gasteiger charge is -2.11. The van der Waals surface area contributed by atoms with E-state index in [1.807, 2.05) is 25.1 Å². The second-order valence-electron chi connectivity index (χ2n) is 4.40. The van der Waals surface area contributed by atoms with Gasteiger partial charge in [-0.2, -0.15) is 0 Å². The smallest absolute Gasteiger partial charge is 0.191 e. The minimum absolute atomic E-state index is 0. The fourth-order valence-corrected chi connectivity index (χ4v) is 1.62. The first-order chi connectivity index (χ1) is 10.4. The molecule has 0 unspecified atom stereocenters. The van der Waals surface area contributed by atoms with Crippen LogP contribution in [0, 0.1) is 0 Å². The van der Waals surface area contributed by atoms with Crippen molar-refractivity contribution < 1.29 is 9.47 Å². The molecular weight excluding hydrogens is 395 g/mol. The van der Waals surface area contributed by atoms with Crippen LogP contribution in [0.4, 0.5) is 0 Å². The van der Waals surface area contributed by atoms with E-state index < -0.39 is 0 Å². The van der Waals surface area contributed by atoms with Crippen LogP contribution < -0.4 is 10.6 Å². The maximum absolute atomic E-state index is 5.41. The van der Waals surface area contributed by atoms with Crippen LogP contribution in [0.2, 0.25) is 0 Å². The highest BCUT2D eigenvalue weighted by Crippen LogP contribution is 1.95. The minimum atomic E-state index is 0. The van der Waals surface area contributed by atoms with Crippen LogP contribution in [0.3, 0.4) is 0 Å². The van der Waals surface area contributed by atoms with Gasteiger partial charge in [-0.15, -0.1) is 24.0 Å². The number of methoxy groups -OCH3 is 1. The number of guanidine groups is 1. The van der Waals surface area contributed by atoms with Gasteiger partial charge in [-0.3, -0.25) is 4.98 Å². The molecule has 0 aliphatic rings. The van der Waals surface area contributed by atoms with E-state index in [-0.39, 0.29) is 24.0 Å². The highest BCUT2D eigenvalue weighted by molar-refractivity contribution is 14.0. The highest BCUT2D eigenvalue weighted by Gasteiger charge is 1.97. The van der Waals surface area contributed by atoms with E-state index in [1.54, 1.807) is 13.3 Å². The Hall–Kier alpha value is -0.930. The summed E-state index contributed by atoms with van der Waals surface area (Å²) in [6.07, 6.45) is 2.71. The molecule has 0 saturated carbocycles. The van der Waals surface area contributed by atoms with Gasteiger partial charge in [0.1, 0.15) is 0 Å². The average Bonchev–Trinajstić information content (AvgIpc) is 2.52. The number of nitrogens with one attached hydrogen (secondary N) is 2. The maximum atomic E-state index is 5.41. The maximum Gasteiger partial charge on any atom is 0.191 e. The molecule has 0 saturated heterocycles. The van der Waals surface area contributed by atoms with Gasteiger partial charge >= 0.3 is 0 Å². The fraction of sp³-hybridized carbons (Fsp3) is 0.600. The summed E-state index contributed by atoms with van der Waals surface area (Å²) in [7, 11) is 1.67. The molecule has 0 aliphatic heterocycles. The number of ether oxygens (including phenoxy) is 2. The lowest BCUT2D eigenvalue weighted by Crippen LogP contribution is -2.38. The number of halogens is 1. The molecule has 126 valence electrons. The predicted molar refractivity (Wildman–Crippen MR) is 99.8 cm³/mol. The number of pyridine rings is 1. The Bertz CT molecular complexity index is 390. The molecule has 7 heteroatoms. The van der Waals surface area contributed by atoms with Gasteiger partial charge in [0.15, 0.2) is 5.96 Å². The molecule has 6 nitrogen and oxygen atoms in total. The van der Waals surface area contributed by atoms with E-state index >= 15 is 0 Å². The van der Waals surface area contributed by atoms with Gasteiger partial charge in [0.25, 0.3) is 0 Å². The highest BCUT2D eigenvalue weighted by atomic mass is 127. The second kappa shape index (κ2) is 15.0. The molecule has 1 aromatic rings. The minimum Gasteiger partial charge on any atom is -0.382 e. The van der Waals surface area contributed by atoms with Crippen LogP contribution in [0.1, 0.15) is 19.0 Å². The fourth-order valence-electron chi connectivity index (χ4n) is 1.62. The molecule has 0 spiro atoms. The van der Waals surface area contributed by atoms with Gasteiger partial charge in [0.2, 0.25) is 0 Å². The third kappa shape index (κ3) is 10.7. The molecule has 0 aromatic carbocycles. The molecule has 0 bridgehead atoms. The Labute approximate surface area is 150 Å². The van der Waals surface area contributed by atoms with Crippen molar-refractivity contribution in [1.82, 2.24) is 15.6 Å². The first-order valence-corrected chi connectivity index (χ1v) is 7.35. The number of nitrogens with zero attached hydrogens (tertiary/aromatic N) is 2. The lowest BCUT2D eigenvalue weighted by molar-refractivity contribution is 0.0698. The third-order valence-electron chi connectivity index (χ3n) is 2.66. The molecule has 0 radical (unpaired) electrons. The van der Waals surface area contributed by atoms with Crippen molar-refractivity contribution >= 4 is 29.9 Å². The van der Waals surface area contributed by atoms with E-state index in [0.717, 1.165) is 37.8 Å². The summed E-state index contributed by atoms with van der Waals surface area (Å²) in [5.41, 5.74) is 0.956. The lowest BCUT2D eigenvalue weighted by atomic mass is 10.3. The number of rotatable bonds is 10. The summed E-state index contributed by atoms with van der Waals surface area (Å²) in [5, 5.41) is 6.50. The average molecular weight is 422 g/mol. The summed E-state index contributed by atoms with van der Waals surface area (Å²) in [6, 6.07) is 5.84. The summed E-state index contributed by atoms with van der Waals surface area (Å²) >= 11 is 0. The topological polar surface area (TPSA) is 67.8 Å². The predicted octanol–water partition coefficient (Wildman–Crippen LogP) is 1.81. The zero-order chi connectivity index (χ0) is 15.2. The van der Waals surface area contributed by atoms with Gasteiger partial charge in [0, 0.05) is 33.0 Å². The largest absolute Gasteiger partial charge is 0.382 e. The molecule has 0 fully saturated rings. The van der Waals surface area contributed by atoms with Gasteiger partial charge < -0.3 is 20.1 Å². The van der Waals surface area contributed by atoms with Gasteiger partial charge in [-0.25, -0.2) is 4.99 Å². The van der Waals surface area contributed by atoms with Crippen molar-refractivity contribution in [3.8, 4) is 0 Å². The first kappa shape index (κ1) is 21.1. The van der Waals surface area contributed by atoms with Gasteiger partial charge in [0.05, 0.1) is 25.5 Å². The molecule has 1 aromatic heterocycles. The molecule has 1 rings (SSSR count).